The first-order valence-electron chi connectivity index (χ1n) is 4.81. The molecule has 1 saturated heterocycles. The van der Waals surface area contributed by atoms with E-state index in [9.17, 15) is 0 Å². The van der Waals surface area contributed by atoms with E-state index >= 15 is 0 Å². The Bertz CT molecular complexity index is 371. The molecule has 15 heavy (non-hydrogen) atoms. The summed E-state index contributed by atoms with van der Waals surface area (Å²) in [5.74, 6) is 0. The molecule has 3 nitrogen and oxygen atoms in total. The topological polar surface area (TPSA) is 36.3 Å². The molecule has 78 valence electrons. The summed E-state index contributed by atoms with van der Waals surface area (Å²) in [5.41, 5.74) is 1.09. The van der Waals surface area contributed by atoms with Gasteiger partial charge in [0.25, 0.3) is 0 Å². The second kappa shape index (κ2) is 4.52. The number of nitrogens with zero attached hydrogens (tertiary/aromatic N) is 2. The molecule has 1 aliphatic rings. The van der Waals surface area contributed by atoms with Crippen LogP contribution in [0.15, 0.2) is 24.3 Å². The molecule has 0 radical (unpaired) electrons. The number of benzene rings is 1. The minimum absolute atomic E-state index is 0.325. The minimum Gasteiger partial charge on any atom is -0.366 e. The van der Waals surface area contributed by atoms with Gasteiger partial charge >= 0.3 is 0 Å². The normalized spacial score (nSPS) is 21.1. The summed E-state index contributed by atoms with van der Waals surface area (Å²) in [6.07, 6.45) is -0.325. The molecule has 1 atom stereocenters. The van der Waals surface area contributed by atoms with Gasteiger partial charge in [-0.1, -0.05) is 11.6 Å². The van der Waals surface area contributed by atoms with Gasteiger partial charge in [0.15, 0.2) is 6.10 Å². The van der Waals surface area contributed by atoms with Crippen LogP contribution in [0, 0.1) is 11.3 Å². The Morgan fingerprint density at radius 1 is 1.40 bits per heavy atom. The molecule has 1 aromatic carbocycles. The van der Waals surface area contributed by atoms with Gasteiger partial charge in [-0.2, -0.15) is 5.26 Å². The van der Waals surface area contributed by atoms with Gasteiger partial charge < -0.3 is 9.64 Å². The number of anilines is 1. The van der Waals surface area contributed by atoms with Gasteiger partial charge in [-0.3, -0.25) is 0 Å². The Balaban J connectivity index is 2.10. The highest BCUT2D eigenvalue weighted by atomic mass is 35.5. The molecule has 2 rings (SSSR count). The average molecular weight is 223 g/mol. The van der Waals surface area contributed by atoms with E-state index in [1.807, 2.05) is 24.3 Å². The maximum absolute atomic E-state index is 8.78. The summed E-state index contributed by atoms with van der Waals surface area (Å²) in [5, 5.41) is 9.50. The number of nitriles is 1. The van der Waals surface area contributed by atoms with Gasteiger partial charge in [-0.25, -0.2) is 0 Å². The van der Waals surface area contributed by atoms with Crippen LogP contribution in [0.2, 0.25) is 5.02 Å². The molecule has 1 aliphatic heterocycles. The highest BCUT2D eigenvalue weighted by Crippen LogP contribution is 2.20. The molecule has 0 aliphatic carbocycles. The standard InChI is InChI=1S/C11H11ClN2O/c12-9-1-3-10(4-2-9)14-5-6-15-11(7-13)8-14/h1-4,11H,5-6,8H2. The number of rotatable bonds is 1. The zero-order valence-corrected chi connectivity index (χ0v) is 8.94. The van der Waals surface area contributed by atoms with Crippen LogP contribution >= 0.6 is 11.6 Å². The summed E-state index contributed by atoms with van der Waals surface area (Å²) >= 11 is 5.81. The lowest BCUT2D eigenvalue weighted by atomic mass is 10.2. The quantitative estimate of drug-likeness (QED) is 0.730. The smallest absolute Gasteiger partial charge is 0.161 e. The molecule has 4 heteroatoms. The fraction of sp³-hybridized carbons (Fsp3) is 0.364. The van der Waals surface area contributed by atoms with Crippen LogP contribution in [-0.4, -0.2) is 25.8 Å². The molecule has 0 N–H and O–H groups in total. The Morgan fingerprint density at radius 2 is 2.13 bits per heavy atom. The summed E-state index contributed by atoms with van der Waals surface area (Å²) in [6, 6.07) is 9.76. The summed E-state index contributed by atoms with van der Waals surface area (Å²) in [6.45, 7) is 2.04. The number of ether oxygens (including phenoxy) is 1. The van der Waals surface area contributed by atoms with E-state index in [1.165, 1.54) is 0 Å². The molecule has 0 spiro atoms. The summed E-state index contributed by atoms with van der Waals surface area (Å²) < 4.78 is 5.27. The lowest BCUT2D eigenvalue weighted by Gasteiger charge is -2.31. The van der Waals surface area contributed by atoms with Crippen LogP contribution < -0.4 is 4.90 Å². The SMILES string of the molecule is N#CC1CN(c2ccc(Cl)cc2)CCO1. The van der Waals surface area contributed by atoms with Gasteiger partial charge in [-0.15, -0.1) is 0 Å². The van der Waals surface area contributed by atoms with E-state index in [0.717, 1.165) is 17.3 Å². The second-order valence-electron chi connectivity index (χ2n) is 3.41. The van der Waals surface area contributed by atoms with Gasteiger partial charge in [0, 0.05) is 17.3 Å². The highest BCUT2D eigenvalue weighted by molar-refractivity contribution is 6.30. The largest absolute Gasteiger partial charge is 0.366 e. The fourth-order valence-electron chi connectivity index (χ4n) is 1.61. The van der Waals surface area contributed by atoms with E-state index in [4.69, 9.17) is 21.6 Å². The summed E-state index contributed by atoms with van der Waals surface area (Å²) in [7, 11) is 0. The van der Waals surface area contributed by atoms with E-state index in [2.05, 4.69) is 11.0 Å². The lowest BCUT2D eigenvalue weighted by molar-refractivity contribution is 0.0764. The molecule has 0 bridgehead atoms. The molecule has 1 unspecified atom stereocenters. The third-order valence-corrected chi connectivity index (χ3v) is 2.65. The first-order valence-corrected chi connectivity index (χ1v) is 5.19. The first kappa shape index (κ1) is 10.3. The number of halogens is 1. The Morgan fingerprint density at radius 3 is 2.80 bits per heavy atom. The maximum atomic E-state index is 8.78. The molecular formula is C11H11ClN2O. The minimum atomic E-state index is -0.325. The van der Waals surface area contributed by atoms with Crippen LogP contribution in [0.5, 0.6) is 0 Å². The van der Waals surface area contributed by atoms with Crippen molar-refractivity contribution in [3.63, 3.8) is 0 Å². The zero-order chi connectivity index (χ0) is 10.7. The van der Waals surface area contributed by atoms with Crippen molar-refractivity contribution in [1.29, 1.82) is 5.26 Å². The van der Waals surface area contributed by atoms with Crippen LogP contribution in [-0.2, 0) is 4.74 Å². The van der Waals surface area contributed by atoms with Crippen LogP contribution in [0.4, 0.5) is 5.69 Å². The number of morpholine rings is 1. The van der Waals surface area contributed by atoms with Crippen molar-refractivity contribution in [2.45, 2.75) is 6.10 Å². The molecular weight excluding hydrogens is 212 g/mol. The van der Waals surface area contributed by atoms with Gasteiger partial charge in [0.2, 0.25) is 0 Å². The Kier molecular flexibility index (Phi) is 3.10. The van der Waals surface area contributed by atoms with Crippen LogP contribution in [0.1, 0.15) is 0 Å². The van der Waals surface area contributed by atoms with E-state index < -0.39 is 0 Å². The molecule has 1 fully saturated rings. The molecule has 0 saturated carbocycles. The average Bonchev–Trinajstić information content (AvgIpc) is 2.30. The predicted molar refractivity (Wildman–Crippen MR) is 59.0 cm³/mol. The first-order chi connectivity index (χ1) is 7.29. The molecule has 1 aromatic rings. The number of hydrogen-bond donors (Lipinski definition) is 0. The third kappa shape index (κ3) is 2.41. The second-order valence-corrected chi connectivity index (χ2v) is 3.85. The van der Waals surface area contributed by atoms with Crippen molar-refractivity contribution in [3.8, 4) is 6.07 Å². The van der Waals surface area contributed by atoms with E-state index in [0.29, 0.717) is 13.2 Å². The predicted octanol–water partition coefficient (Wildman–Crippen LogP) is 2.07. The van der Waals surface area contributed by atoms with Crippen molar-refractivity contribution in [2.75, 3.05) is 24.6 Å². The van der Waals surface area contributed by atoms with Crippen molar-refractivity contribution >= 4 is 17.3 Å². The van der Waals surface area contributed by atoms with Crippen LogP contribution in [0.3, 0.4) is 0 Å². The van der Waals surface area contributed by atoms with Gasteiger partial charge in [-0.05, 0) is 24.3 Å². The van der Waals surface area contributed by atoms with E-state index in [1.54, 1.807) is 0 Å². The monoisotopic (exact) mass is 222 g/mol. The lowest BCUT2D eigenvalue weighted by Crippen LogP contribution is -2.41. The van der Waals surface area contributed by atoms with Gasteiger partial charge in [0.1, 0.15) is 0 Å². The fourth-order valence-corrected chi connectivity index (χ4v) is 1.74. The zero-order valence-electron chi connectivity index (χ0n) is 8.19. The Hall–Kier alpha value is -1.24. The molecule has 0 amide bonds. The Labute approximate surface area is 93.8 Å². The molecule has 0 aromatic heterocycles. The maximum Gasteiger partial charge on any atom is 0.161 e. The third-order valence-electron chi connectivity index (χ3n) is 2.40. The molecule has 1 heterocycles. The van der Waals surface area contributed by atoms with Crippen molar-refractivity contribution in [2.24, 2.45) is 0 Å². The van der Waals surface area contributed by atoms with Gasteiger partial charge in [0.05, 0.1) is 19.2 Å². The van der Waals surface area contributed by atoms with Crippen molar-refractivity contribution in [3.05, 3.63) is 29.3 Å². The van der Waals surface area contributed by atoms with E-state index in [-0.39, 0.29) is 6.10 Å². The van der Waals surface area contributed by atoms with Crippen molar-refractivity contribution in [1.82, 2.24) is 0 Å². The highest BCUT2D eigenvalue weighted by Gasteiger charge is 2.19. The summed E-state index contributed by atoms with van der Waals surface area (Å²) in [4.78, 5) is 2.13. The van der Waals surface area contributed by atoms with Crippen LogP contribution in [0.25, 0.3) is 0 Å². The van der Waals surface area contributed by atoms with Crippen molar-refractivity contribution < 1.29 is 4.74 Å². The number of hydrogen-bond acceptors (Lipinski definition) is 3.